The molecule has 0 bridgehead atoms. The number of hydrogen-bond donors (Lipinski definition) is 2. The largest absolute Gasteiger partial charge is 0.396 e. The maximum Gasteiger partial charge on any atom is 0.396 e. The van der Waals surface area contributed by atoms with E-state index in [1.54, 1.807) is 31.2 Å². The lowest BCUT2D eigenvalue weighted by atomic mass is 9.94. The average molecular weight is 547 g/mol. The zero-order valence-electron chi connectivity index (χ0n) is 22.7. The molecule has 1 heterocycles. The van der Waals surface area contributed by atoms with Crippen LogP contribution in [-0.2, 0) is 22.4 Å². The first kappa shape index (κ1) is 30.1. The van der Waals surface area contributed by atoms with Crippen molar-refractivity contribution in [3.8, 4) is 0 Å². The lowest BCUT2D eigenvalue weighted by molar-refractivity contribution is -0.151. The number of nitrogens with zero attached hydrogens (tertiary/aromatic N) is 4. The lowest BCUT2D eigenvalue weighted by Gasteiger charge is -2.38. The summed E-state index contributed by atoms with van der Waals surface area (Å²) in [6.45, 7) is 5.65. The van der Waals surface area contributed by atoms with E-state index in [2.05, 4.69) is 26.3 Å². The average Bonchev–Trinajstić information content (AvgIpc) is 2.90. The van der Waals surface area contributed by atoms with Gasteiger partial charge in [0, 0.05) is 57.6 Å². The Balaban J connectivity index is 1.68. The van der Waals surface area contributed by atoms with Gasteiger partial charge in [0.2, 0.25) is 17.8 Å². The summed E-state index contributed by atoms with van der Waals surface area (Å²) >= 11 is 0. The number of guanidine groups is 1. The highest BCUT2D eigenvalue weighted by molar-refractivity contribution is 5.99. The van der Waals surface area contributed by atoms with Crippen LogP contribution in [0.25, 0.3) is 0 Å². The molecule has 39 heavy (non-hydrogen) atoms. The summed E-state index contributed by atoms with van der Waals surface area (Å²) in [4.78, 5) is 35.6. The quantitative estimate of drug-likeness (QED) is 0.386. The van der Waals surface area contributed by atoms with E-state index in [1.807, 2.05) is 17.1 Å². The molecule has 0 saturated carbocycles. The van der Waals surface area contributed by atoms with E-state index in [9.17, 15) is 22.8 Å². The van der Waals surface area contributed by atoms with Gasteiger partial charge in [0.05, 0.1) is 12.3 Å². The number of benzene rings is 1. The number of halogens is 3. The molecule has 212 valence electrons. The van der Waals surface area contributed by atoms with Crippen LogP contribution in [0.1, 0.15) is 37.8 Å². The van der Waals surface area contributed by atoms with Crippen molar-refractivity contribution in [1.29, 1.82) is 0 Å². The van der Waals surface area contributed by atoms with Gasteiger partial charge in [0.15, 0.2) is 0 Å². The normalized spacial score (nSPS) is 20.0. The molecule has 1 aliphatic heterocycles. The SMILES string of the molecule is CN=C(N=C(CCc1ccccc1CC(N)=O)C(C)C(F)(F)F)NC1=CCC(N2CCN(C(C)=O)CC2)C=C1. The van der Waals surface area contributed by atoms with E-state index in [-0.39, 0.29) is 42.9 Å². The fourth-order valence-corrected chi connectivity index (χ4v) is 4.72. The van der Waals surface area contributed by atoms with Gasteiger partial charge < -0.3 is 16.0 Å². The smallest absolute Gasteiger partial charge is 0.369 e. The fraction of sp³-hybridized carbons (Fsp3) is 0.500. The summed E-state index contributed by atoms with van der Waals surface area (Å²) in [5, 5.41) is 3.06. The Labute approximate surface area is 227 Å². The molecule has 0 spiro atoms. The number of primary amides is 1. The van der Waals surface area contributed by atoms with Gasteiger partial charge in [-0.15, -0.1) is 0 Å². The molecule has 0 aromatic heterocycles. The van der Waals surface area contributed by atoms with Gasteiger partial charge in [-0.25, -0.2) is 4.99 Å². The summed E-state index contributed by atoms with van der Waals surface area (Å²) in [6.07, 6.45) is 2.53. The summed E-state index contributed by atoms with van der Waals surface area (Å²) < 4.78 is 41.2. The minimum atomic E-state index is -4.46. The molecule has 1 aliphatic carbocycles. The van der Waals surface area contributed by atoms with Gasteiger partial charge in [-0.3, -0.25) is 19.5 Å². The first-order valence-electron chi connectivity index (χ1n) is 13.1. The van der Waals surface area contributed by atoms with Crippen LogP contribution in [0, 0.1) is 5.92 Å². The number of rotatable bonds is 8. The van der Waals surface area contributed by atoms with Crippen molar-refractivity contribution in [3.05, 3.63) is 59.3 Å². The Bertz CT molecular complexity index is 1150. The predicted octanol–water partition coefficient (Wildman–Crippen LogP) is 3.24. The van der Waals surface area contributed by atoms with Crippen molar-refractivity contribution in [2.45, 2.75) is 51.7 Å². The number of alkyl halides is 3. The van der Waals surface area contributed by atoms with Crippen LogP contribution >= 0.6 is 0 Å². The maximum atomic E-state index is 13.7. The molecular weight excluding hydrogens is 509 g/mol. The van der Waals surface area contributed by atoms with Crippen molar-refractivity contribution in [3.63, 3.8) is 0 Å². The standard InChI is InChI=1S/C28H37F3N6O2/c1-19(28(29,30)31)25(13-8-21-6-4-5-7-22(21)18-26(32)39)35-27(33-3)34-23-9-11-24(12-10-23)37-16-14-36(15-17-37)20(2)38/h4-7,9-11,19,24H,8,12-18H2,1-3H3,(H2,32,39)(H,33,34). The summed E-state index contributed by atoms with van der Waals surface area (Å²) in [5.74, 6) is -2.09. The van der Waals surface area contributed by atoms with Crippen LogP contribution < -0.4 is 11.1 Å². The number of carbonyl (C=O) groups excluding carboxylic acids is 2. The zero-order chi connectivity index (χ0) is 28.6. The second kappa shape index (κ2) is 13.5. The van der Waals surface area contributed by atoms with Crippen LogP contribution in [0.3, 0.4) is 0 Å². The Morgan fingerprint density at radius 1 is 1.15 bits per heavy atom. The third-order valence-electron chi connectivity index (χ3n) is 7.15. The van der Waals surface area contributed by atoms with Gasteiger partial charge >= 0.3 is 6.18 Å². The van der Waals surface area contributed by atoms with E-state index in [1.165, 1.54) is 7.05 Å². The molecule has 2 unspecified atom stereocenters. The van der Waals surface area contributed by atoms with E-state index >= 15 is 0 Å². The first-order chi connectivity index (χ1) is 18.5. The molecule has 1 saturated heterocycles. The molecule has 3 N–H and O–H groups in total. The zero-order valence-corrected chi connectivity index (χ0v) is 22.7. The molecule has 2 aliphatic rings. The molecule has 1 fully saturated rings. The van der Waals surface area contributed by atoms with E-state index in [0.717, 1.165) is 32.0 Å². The number of amides is 2. The number of carbonyl (C=O) groups is 2. The lowest BCUT2D eigenvalue weighted by Crippen LogP contribution is -2.51. The van der Waals surface area contributed by atoms with Crippen molar-refractivity contribution in [1.82, 2.24) is 15.1 Å². The number of hydrogen-bond acceptors (Lipinski definition) is 4. The summed E-state index contributed by atoms with van der Waals surface area (Å²) in [5.41, 5.74) is 7.45. The molecule has 11 heteroatoms. The summed E-state index contributed by atoms with van der Waals surface area (Å²) in [7, 11) is 1.48. The molecular formula is C28H37F3N6O2. The number of piperazine rings is 1. The minimum Gasteiger partial charge on any atom is -0.369 e. The predicted molar refractivity (Wildman–Crippen MR) is 146 cm³/mol. The second-order valence-electron chi connectivity index (χ2n) is 9.81. The van der Waals surface area contributed by atoms with Crippen molar-refractivity contribution in [2.75, 3.05) is 33.2 Å². The molecule has 2 amide bonds. The molecule has 2 atom stereocenters. The third kappa shape index (κ3) is 8.77. The molecule has 0 radical (unpaired) electrons. The number of nitrogens with two attached hydrogens (primary N) is 1. The highest BCUT2D eigenvalue weighted by atomic mass is 19.4. The molecule has 8 nitrogen and oxygen atoms in total. The molecule has 1 aromatic rings. The number of aryl methyl sites for hydroxylation is 1. The summed E-state index contributed by atoms with van der Waals surface area (Å²) in [6, 6.07) is 7.28. The van der Waals surface area contributed by atoms with Gasteiger partial charge in [0.25, 0.3) is 0 Å². The van der Waals surface area contributed by atoms with Crippen LogP contribution in [0.5, 0.6) is 0 Å². The second-order valence-corrected chi connectivity index (χ2v) is 9.81. The van der Waals surface area contributed by atoms with Crippen LogP contribution in [0.2, 0.25) is 0 Å². The fourth-order valence-electron chi connectivity index (χ4n) is 4.72. The maximum absolute atomic E-state index is 13.7. The Hall–Kier alpha value is -3.47. The van der Waals surface area contributed by atoms with Crippen molar-refractivity contribution in [2.24, 2.45) is 21.6 Å². The Morgan fingerprint density at radius 2 is 1.82 bits per heavy atom. The van der Waals surface area contributed by atoms with Gasteiger partial charge in [-0.1, -0.05) is 36.4 Å². The number of aliphatic imine (C=N–C) groups is 2. The monoisotopic (exact) mass is 546 g/mol. The highest BCUT2D eigenvalue weighted by Crippen LogP contribution is 2.29. The van der Waals surface area contributed by atoms with Crippen LogP contribution in [0.4, 0.5) is 13.2 Å². The third-order valence-corrected chi connectivity index (χ3v) is 7.15. The molecule has 1 aromatic carbocycles. The van der Waals surface area contributed by atoms with E-state index < -0.39 is 18.0 Å². The number of nitrogens with one attached hydrogen (secondary N) is 1. The van der Waals surface area contributed by atoms with E-state index in [4.69, 9.17) is 5.73 Å². The topological polar surface area (TPSA) is 103 Å². The number of allylic oxidation sites excluding steroid dienone is 1. The van der Waals surface area contributed by atoms with Crippen molar-refractivity contribution >= 4 is 23.5 Å². The van der Waals surface area contributed by atoms with Gasteiger partial charge in [0.1, 0.15) is 0 Å². The van der Waals surface area contributed by atoms with E-state index in [0.29, 0.717) is 24.4 Å². The Morgan fingerprint density at radius 3 is 2.36 bits per heavy atom. The molecule has 3 rings (SSSR count). The highest BCUT2D eigenvalue weighted by Gasteiger charge is 2.39. The van der Waals surface area contributed by atoms with Crippen LogP contribution in [0.15, 0.2) is 58.2 Å². The minimum absolute atomic E-state index is 0.0224. The Kier molecular flexibility index (Phi) is 10.4. The van der Waals surface area contributed by atoms with Gasteiger partial charge in [-0.05, 0) is 43.4 Å². The van der Waals surface area contributed by atoms with Crippen LogP contribution in [-0.4, -0.2) is 78.7 Å². The van der Waals surface area contributed by atoms with Gasteiger partial charge in [-0.2, -0.15) is 13.2 Å². The first-order valence-corrected chi connectivity index (χ1v) is 13.1. The van der Waals surface area contributed by atoms with Crippen molar-refractivity contribution < 1.29 is 22.8 Å².